The quantitative estimate of drug-likeness (QED) is 0.537. The number of aromatic amines is 1. The Morgan fingerprint density at radius 1 is 1.38 bits per heavy atom. The fourth-order valence-electron chi connectivity index (χ4n) is 2.10. The molecule has 0 fully saturated rings. The molecule has 4 N–H and O–H groups in total. The summed E-state index contributed by atoms with van der Waals surface area (Å²) in [7, 11) is 0. The molecular weight excluding hydrogens is 274 g/mol. The van der Waals surface area contributed by atoms with E-state index in [0.717, 1.165) is 6.42 Å². The van der Waals surface area contributed by atoms with Crippen LogP contribution in [-0.4, -0.2) is 45.4 Å². The number of carboxylic acids is 1. The lowest BCUT2D eigenvalue weighted by Crippen LogP contribution is -2.39. The summed E-state index contributed by atoms with van der Waals surface area (Å²) in [5, 5.41) is 20.7. The Hall–Kier alpha value is -2.12. The number of carbonyl (C=O) groups excluding carboxylic acids is 1. The summed E-state index contributed by atoms with van der Waals surface area (Å²) < 4.78 is 0. The lowest BCUT2D eigenvalue weighted by atomic mass is 9.94. The SMILES string of the molecule is CC(C)CC(CNC(=O)NCCc1ncn[nH]1)CC(=O)O. The largest absolute Gasteiger partial charge is 0.481 e. The smallest absolute Gasteiger partial charge is 0.314 e. The van der Waals surface area contributed by atoms with E-state index in [1.807, 2.05) is 13.8 Å². The summed E-state index contributed by atoms with van der Waals surface area (Å²) in [5.41, 5.74) is 0. The lowest BCUT2D eigenvalue weighted by Gasteiger charge is -2.18. The average molecular weight is 297 g/mol. The van der Waals surface area contributed by atoms with Crippen molar-refractivity contribution in [2.45, 2.75) is 33.1 Å². The molecule has 0 aliphatic rings. The van der Waals surface area contributed by atoms with Crippen molar-refractivity contribution in [1.29, 1.82) is 0 Å². The van der Waals surface area contributed by atoms with Crippen LogP contribution in [0.1, 0.15) is 32.5 Å². The second-order valence-corrected chi connectivity index (χ2v) is 5.41. The monoisotopic (exact) mass is 297 g/mol. The van der Waals surface area contributed by atoms with Crippen molar-refractivity contribution in [3.8, 4) is 0 Å². The maximum absolute atomic E-state index is 11.6. The van der Waals surface area contributed by atoms with Crippen LogP contribution in [0.3, 0.4) is 0 Å². The van der Waals surface area contributed by atoms with Crippen LogP contribution in [-0.2, 0) is 11.2 Å². The zero-order valence-corrected chi connectivity index (χ0v) is 12.4. The van der Waals surface area contributed by atoms with Crippen LogP contribution in [0.4, 0.5) is 4.79 Å². The van der Waals surface area contributed by atoms with E-state index in [2.05, 4.69) is 25.8 Å². The Labute approximate surface area is 123 Å². The van der Waals surface area contributed by atoms with Gasteiger partial charge in [0.2, 0.25) is 0 Å². The van der Waals surface area contributed by atoms with Crippen molar-refractivity contribution < 1.29 is 14.7 Å². The van der Waals surface area contributed by atoms with Gasteiger partial charge in [-0.05, 0) is 18.3 Å². The zero-order valence-electron chi connectivity index (χ0n) is 12.4. The van der Waals surface area contributed by atoms with Crippen molar-refractivity contribution in [3.05, 3.63) is 12.2 Å². The standard InChI is InChI=1S/C13H23N5O3/c1-9(2)5-10(6-12(19)20)7-15-13(21)14-4-3-11-16-8-17-18-11/h8-10H,3-7H2,1-2H3,(H,19,20)(H2,14,15,21)(H,16,17,18). The predicted octanol–water partition coefficient (Wildman–Crippen LogP) is 0.783. The summed E-state index contributed by atoms with van der Waals surface area (Å²) in [6.45, 7) is 4.87. The number of rotatable bonds is 9. The van der Waals surface area contributed by atoms with Crippen molar-refractivity contribution in [2.24, 2.45) is 11.8 Å². The van der Waals surface area contributed by atoms with E-state index in [9.17, 15) is 9.59 Å². The first-order valence-electron chi connectivity index (χ1n) is 7.05. The van der Waals surface area contributed by atoms with E-state index in [-0.39, 0.29) is 18.4 Å². The Morgan fingerprint density at radius 2 is 2.14 bits per heavy atom. The Kier molecular flexibility index (Phi) is 7.20. The van der Waals surface area contributed by atoms with Crippen LogP contribution in [0, 0.1) is 11.8 Å². The van der Waals surface area contributed by atoms with Gasteiger partial charge in [0.15, 0.2) is 0 Å². The fraction of sp³-hybridized carbons (Fsp3) is 0.692. The third-order valence-electron chi connectivity index (χ3n) is 2.93. The van der Waals surface area contributed by atoms with Gasteiger partial charge in [-0.2, -0.15) is 5.10 Å². The van der Waals surface area contributed by atoms with E-state index in [4.69, 9.17) is 5.11 Å². The molecule has 1 aromatic rings. The van der Waals surface area contributed by atoms with Crippen molar-refractivity contribution in [1.82, 2.24) is 25.8 Å². The fourth-order valence-corrected chi connectivity index (χ4v) is 2.10. The second kappa shape index (κ2) is 8.93. The van der Waals surface area contributed by atoms with Gasteiger partial charge in [0.05, 0.1) is 0 Å². The highest BCUT2D eigenvalue weighted by Gasteiger charge is 2.15. The predicted molar refractivity (Wildman–Crippen MR) is 76.7 cm³/mol. The van der Waals surface area contributed by atoms with Crippen molar-refractivity contribution in [2.75, 3.05) is 13.1 Å². The Morgan fingerprint density at radius 3 is 2.71 bits per heavy atom. The highest BCUT2D eigenvalue weighted by atomic mass is 16.4. The molecule has 1 heterocycles. The van der Waals surface area contributed by atoms with Gasteiger partial charge in [0.25, 0.3) is 0 Å². The molecule has 1 aromatic heterocycles. The van der Waals surface area contributed by atoms with Gasteiger partial charge in [0, 0.05) is 25.9 Å². The van der Waals surface area contributed by atoms with Gasteiger partial charge >= 0.3 is 12.0 Å². The molecule has 0 spiro atoms. The van der Waals surface area contributed by atoms with E-state index < -0.39 is 5.97 Å². The van der Waals surface area contributed by atoms with Crippen LogP contribution < -0.4 is 10.6 Å². The Balaban J connectivity index is 2.23. The molecular formula is C13H23N5O3. The molecule has 1 unspecified atom stereocenters. The molecule has 0 saturated heterocycles. The molecule has 0 bridgehead atoms. The normalized spacial score (nSPS) is 12.1. The molecule has 118 valence electrons. The molecule has 1 atom stereocenters. The Bertz CT molecular complexity index is 433. The number of H-pyrrole nitrogens is 1. The summed E-state index contributed by atoms with van der Waals surface area (Å²) in [6, 6.07) is -0.298. The van der Waals surface area contributed by atoms with Gasteiger partial charge in [0.1, 0.15) is 12.2 Å². The number of carboxylic acid groups (broad SMARTS) is 1. The lowest BCUT2D eigenvalue weighted by molar-refractivity contribution is -0.138. The zero-order chi connectivity index (χ0) is 15.7. The molecule has 8 nitrogen and oxygen atoms in total. The third kappa shape index (κ3) is 7.91. The van der Waals surface area contributed by atoms with Crippen LogP contribution in [0.5, 0.6) is 0 Å². The maximum atomic E-state index is 11.6. The summed E-state index contributed by atoms with van der Waals surface area (Å²) >= 11 is 0. The first-order valence-corrected chi connectivity index (χ1v) is 7.05. The van der Waals surface area contributed by atoms with Gasteiger partial charge < -0.3 is 15.7 Å². The van der Waals surface area contributed by atoms with Crippen LogP contribution >= 0.6 is 0 Å². The van der Waals surface area contributed by atoms with Crippen LogP contribution in [0.15, 0.2) is 6.33 Å². The van der Waals surface area contributed by atoms with E-state index in [0.29, 0.717) is 31.3 Å². The highest BCUT2D eigenvalue weighted by molar-refractivity contribution is 5.74. The number of nitrogens with one attached hydrogen (secondary N) is 3. The molecule has 21 heavy (non-hydrogen) atoms. The topological polar surface area (TPSA) is 120 Å². The van der Waals surface area contributed by atoms with E-state index in [1.54, 1.807) is 0 Å². The maximum Gasteiger partial charge on any atom is 0.314 e. The molecule has 2 amide bonds. The molecule has 0 radical (unpaired) electrons. The van der Waals surface area contributed by atoms with Crippen molar-refractivity contribution in [3.63, 3.8) is 0 Å². The first-order chi connectivity index (χ1) is 9.97. The average Bonchev–Trinajstić information content (AvgIpc) is 2.88. The number of amides is 2. The molecule has 0 aliphatic carbocycles. The van der Waals surface area contributed by atoms with Crippen LogP contribution in [0.25, 0.3) is 0 Å². The number of carbonyl (C=O) groups is 2. The highest BCUT2D eigenvalue weighted by Crippen LogP contribution is 2.14. The number of aliphatic carboxylic acids is 1. The van der Waals surface area contributed by atoms with Crippen LogP contribution in [0.2, 0.25) is 0 Å². The number of hydrogen-bond acceptors (Lipinski definition) is 4. The molecule has 0 aliphatic heterocycles. The number of urea groups is 1. The number of hydrogen-bond donors (Lipinski definition) is 4. The molecule has 1 rings (SSSR count). The van der Waals surface area contributed by atoms with Gasteiger partial charge in [-0.3, -0.25) is 9.89 Å². The summed E-state index contributed by atoms with van der Waals surface area (Å²) in [6.07, 6.45) is 2.82. The van der Waals surface area contributed by atoms with Gasteiger partial charge in [-0.25, -0.2) is 9.78 Å². The minimum Gasteiger partial charge on any atom is -0.481 e. The minimum absolute atomic E-state index is 0.0532. The van der Waals surface area contributed by atoms with E-state index >= 15 is 0 Å². The molecule has 8 heteroatoms. The number of aromatic nitrogens is 3. The van der Waals surface area contributed by atoms with E-state index in [1.165, 1.54) is 6.33 Å². The first kappa shape index (κ1) is 16.9. The van der Waals surface area contributed by atoms with Gasteiger partial charge in [-0.15, -0.1) is 0 Å². The molecule has 0 saturated carbocycles. The van der Waals surface area contributed by atoms with Crippen molar-refractivity contribution >= 4 is 12.0 Å². The second-order valence-electron chi connectivity index (χ2n) is 5.41. The molecule has 0 aromatic carbocycles. The number of nitrogens with zero attached hydrogens (tertiary/aromatic N) is 2. The summed E-state index contributed by atoms with van der Waals surface area (Å²) in [4.78, 5) is 26.4. The van der Waals surface area contributed by atoms with Gasteiger partial charge in [-0.1, -0.05) is 13.8 Å². The minimum atomic E-state index is -0.840. The third-order valence-corrected chi connectivity index (χ3v) is 2.93. The summed E-state index contributed by atoms with van der Waals surface area (Å²) in [5.74, 6) is 0.209.